The molecule has 0 aliphatic carbocycles. The molecule has 25 valence electrons. The van der Waals surface area contributed by atoms with Crippen molar-refractivity contribution in [1.29, 1.82) is 5.41 Å². The van der Waals surface area contributed by atoms with E-state index in [1.165, 1.54) is 6.92 Å². The molecule has 0 rings (SSSR count). The van der Waals surface area contributed by atoms with Gasteiger partial charge in [0.05, 0.1) is 5.84 Å². The van der Waals surface area contributed by atoms with Crippen LogP contribution in [0.2, 0.25) is 0 Å². The average Bonchev–Trinajstić information content (AvgIpc) is 0.811. The van der Waals surface area contributed by atoms with Gasteiger partial charge in [-0.1, -0.05) is 0 Å². The summed E-state index contributed by atoms with van der Waals surface area (Å²) in [5.41, 5.74) is 4.69. The molecule has 0 saturated carbocycles. The normalized spacial score (nSPS) is 5.00. The molecule has 0 bridgehead atoms. The van der Waals surface area contributed by atoms with Crippen molar-refractivity contribution in [2.24, 2.45) is 5.73 Å². The van der Waals surface area contributed by atoms with E-state index in [0.29, 0.717) is 0 Å². The summed E-state index contributed by atoms with van der Waals surface area (Å²) in [6.07, 6.45) is 0. The number of nitrogens with one attached hydrogen (secondary N) is 1. The Morgan fingerprint density at radius 3 is 1.80 bits per heavy atom. The van der Waals surface area contributed by atoms with E-state index < -0.39 is 0 Å². The van der Waals surface area contributed by atoms with Crippen LogP contribution in [0, 0.1) is 5.41 Å². The van der Waals surface area contributed by atoms with Crippen molar-refractivity contribution in [2.45, 2.75) is 6.92 Å². The van der Waals surface area contributed by atoms with Gasteiger partial charge in [0.1, 0.15) is 0 Å². The third-order valence-corrected chi connectivity index (χ3v) is 0. The zero-order valence-electron chi connectivity index (χ0n) is 3.58. The van der Waals surface area contributed by atoms with Crippen LogP contribution in [0.5, 0.6) is 0 Å². The number of amidine groups is 1. The van der Waals surface area contributed by atoms with Crippen molar-refractivity contribution >= 4 is 35.4 Å². The average molecular weight is 81.1 g/mol. The summed E-state index contributed by atoms with van der Waals surface area (Å²) < 4.78 is 0. The van der Waals surface area contributed by atoms with Crippen molar-refractivity contribution in [3.05, 3.63) is 0 Å². The molecule has 0 aliphatic heterocycles. The molecule has 0 aromatic carbocycles. The molecule has 0 spiro atoms. The molecule has 0 aliphatic rings. The number of hydrogen-bond donors (Lipinski definition) is 2. The smallest absolute Gasteiger partial charge is 0.0873 e. The first-order chi connectivity index (χ1) is 1.73. The molecule has 3 heteroatoms. The second-order valence-electron chi connectivity index (χ2n) is 0.683. The second kappa shape index (κ2) is 4.47. The largest absolute Gasteiger partial charge is 0.388 e. The molecule has 0 aromatic rings. The van der Waals surface area contributed by atoms with Crippen molar-refractivity contribution in [3.8, 4) is 0 Å². The Hall–Kier alpha value is 0.470. The standard InChI is InChI=1S/C2H6N2.Na/c1-2(3)4;/h1H3,(H3,3,4);. The molecule has 0 atom stereocenters. The summed E-state index contributed by atoms with van der Waals surface area (Å²) in [7, 11) is 0. The van der Waals surface area contributed by atoms with Crippen LogP contribution >= 0.6 is 0 Å². The molecule has 0 amide bonds. The van der Waals surface area contributed by atoms with Crippen LogP contribution in [0.25, 0.3) is 0 Å². The summed E-state index contributed by atoms with van der Waals surface area (Å²) >= 11 is 0. The summed E-state index contributed by atoms with van der Waals surface area (Å²) in [6, 6.07) is 0. The Morgan fingerprint density at radius 2 is 1.80 bits per heavy atom. The van der Waals surface area contributed by atoms with E-state index in [9.17, 15) is 0 Å². The Morgan fingerprint density at radius 1 is 1.80 bits per heavy atom. The van der Waals surface area contributed by atoms with Crippen LogP contribution in [0.1, 0.15) is 6.92 Å². The minimum atomic E-state index is 0. The van der Waals surface area contributed by atoms with E-state index in [2.05, 4.69) is 0 Å². The number of hydrogen-bond acceptors (Lipinski definition) is 1. The molecular formula is C2H6N2Na. The van der Waals surface area contributed by atoms with Crippen molar-refractivity contribution in [3.63, 3.8) is 0 Å². The van der Waals surface area contributed by atoms with E-state index in [0.717, 1.165) is 0 Å². The Labute approximate surface area is 53.5 Å². The van der Waals surface area contributed by atoms with Gasteiger partial charge in [-0.15, -0.1) is 0 Å². The fraction of sp³-hybridized carbons (Fsp3) is 0.500. The van der Waals surface area contributed by atoms with Crippen LogP contribution in [0.15, 0.2) is 0 Å². The van der Waals surface area contributed by atoms with E-state index in [1.54, 1.807) is 0 Å². The zero-order chi connectivity index (χ0) is 3.58. The molecule has 0 fully saturated rings. The predicted molar refractivity (Wildman–Crippen MR) is 23.3 cm³/mol. The van der Waals surface area contributed by atoms with Gasteiger partial charge in [-0.2, -0.15) is 0 Å². The Balaban J connectivity index is 0. The Kier molecular flexibility index (Phi) is 8.11. The van der Waals surface area contributed by atoms with Gasteiger partial charge in [0, 0.05) is 29.6 Å². The minimum absolute atomic E-state index is 0. The minimum Gasteiger partial charge on any atom is -0.388 e. The van der Waals surface area contributed by atoms with Gasteiger partial charge in [0.25, 0.3) is 0 Å². The first-order valence-electron chi connectivity index (χ1n) is 1.04. The Bertz CT molecular complexity index is 30.6. The summed E-state index contributed by atoms with van der Waals surface area (Å²) in [5.74, 6) is 0.167. The molecule has 2 nitrogen and oxygen atoms in total. The fourth-order valence-corrected chi connectivity index (χ4v) is 0. The van der Waals surface area contributed by atoms with Gasteiger partial charge in [-0.05, 0) is 6.92 Å². The molecule has 1 radical (unpaired) electrons. The number of nitrogens with two attached hydrogens (primary N) is 1. The van der Waals surface area contributed by atoms with E-state index in [4.69, 9.17) is 11.1 Å². The first kappa shape index (κ1) is 9.08. The SMILES string of the molecule is CC(=N)N.[Na]. The van der Waals surface area contributed by atoms with E-state index in [1.807, 2.05) is 0 Å². The van der Waals surface area contributed by atoms with Crippen molar-refractivity contribution < 1.29 is 0 Å². The second-order valence-corrected chi connectivity index (χ2v) is 0.683. The van der Waals surface area contributed by atoms with Crippen LogP contribution in [-0.4, -0.2) is 35.4 Å². The van der Waals surface area contributed by atoms with E-state index >= 15 is 0 Å². The van der Waals surface area contributed by atoms with Crippen LogP contribution in [0.3, 0.4) is 0 Å². The van der Waals surface area contributed by atoms with Crippen molar-refractivity contribution in [1.82, 2.24) is 0 Å². The summed E-state index contributed by atoms with van der Waals surface area (Å²) in [4.78, 5) is 0. The molecular weight excluding hydrogens is 75.0 g/mol. The third kappa shape index (κ3) is 123. The topological polar surface area (TPSA) is 49.9 Å². The summed E-state index contributed by atoms with van der Waals surface area (Å²) in [6.45, 7) is 1.53. The van der Waals surface area contributed by atoms with Gasteiger partial charge in [-0.3, -0.25) is 5.41 Å². The zero-order valence-corrected chi connectivity index (χ0v) is 5.58. The third-order valence-electron chi connectivity index (χ3n) is 0. The van der Waals surface area contributed by atoms with Gasteiger partial charge >= 0.3 is 0 Å². The molecule has 0 unspecified atom stereocenters. The number of rotatable bonds is 0. The van der Waals surface area contributed by atoms with Crippen LogP contribution in [0.4, 0.5) is 0 Å². The maximum absolute atomic E-state index is 6.28. The van der Waals surface area contributed by atoms with Crippen molar-refractivity contribution in [2.75, 3.05) is 0 Å². The van der Waals surface area contributed by atoms with Gasteiger partial charge in [0.15, 0.2) is 0 Å². The molecule has 3 N–H and O–H groups in total. The maximum atomic E-state index is 6.28. The van der Waals surface area contributed by atoms with Gasteiger partial charge < -0.3 is 5.73 Å². The van der Waals surface area contributed by atoms with Crippen LogP contribution < -0.4 is 5.73 Å². The molecule has 0 aromatic heterocycles. The monoisotopic (exact) mass is 81.0 g/mol. The predicted octanol–water partition coefficient (Wildman–Crippen LogP) is -0.439. The summed E-state index contributed by atoms with van der Waals surface area (Å²) in [5, 5.41) is 6.28. The van der Waals surface area contributed by atoms with Crippen LogP contribution in [-0.2, 0) is 0 Å². The first-order valence-corrected chi connectivity index (χ1v) is 1.04. The molecule has 0 heterocycles. The fourth-order valence-electron chi connectivity index (χ4n) is 0. The molecule has 5 heavy (non-hydrogen) atoms. The molecule has 0 saturated heterocycles. The maximum Gasteiger partial charge on any atom is 0.0873 e. The van der Waals surface area contributed by atoms with E-state index in [-0.39, 0.29) is 35.4 Å². The van der Waals surface area contributed by atoms with Gasteiger partial charge in [-0.25, -0.2) is 0 Å². The quantitative estimate of drug-likeness (QED) is 0.232. The van der Waals surface area contributed by atoms with Gasteiger partial charge in [0.2, 0.25) is 0 Å².